The van der Waals surface area contributed by atoms with E-state index in [1.165, 1.54) is 4.88 Å². The first-order chi connectivity index (χ1) is 7.77. The van der Waals surface area contributed by atoms with Gasteiger partial charge in [0.2, 0.25) is 0 Å². The van der Waals surface area contributed by atoms with Gasteiger partial charge in [0.15, 0.2) is 5.69 Å². The fourth-order valence-electron chi connectivity index (χ4n) is 1.90. The molecule has 82 valence electrons. The Morgan fingerprint density at radius 3 is 3.25 bits per heavy atom. The summed E-state index contributed by atoms with van der Waals surface area (Å²) >= 11 is 1.66. The highest BCUT2D eigenvalue weighted by Crippen LogP contribution is 2.26. The first-order valence-corrected chi connectivity index (χ1v) is 5.72. The molecule has 0 aromatic carbocycles. The molecule has 1 aliphatic rings. The van der Waals surface area contributed by atoms with Gasteiger partial charge in [-0.3, -0.25) is 4.57 Å². The minimum absolute atomic E-state index is 0.131. The van der Waals surface area contributed by atoms with Crippen molar-refractivity contribution in [2.75, 3.05) is 0 Å². The van der Waals surface area contributed by atoms with Gasteiger partial charge in [-0.15, -0.1) is 11.3 Å². The van der Waals surface area contributed by atoms with Crippen molar-refractivity contribution in [1.82, 2.24) is 14.9 Å². The Labute approximate surface area is 95.4 Å². The van der Waals surface area contributed by atoms with E-state index in [0.717, 1.165) is 12.2 Å². The molecule has 16 heavy (non-hydrogen) atoms. The molecule has 0 saturated carbocycles. The molecule has 1 aliphatic heterocycles. The molecule has 0 spiro atoms. The predicted molar refractivity (Wildman–Crippen MR) is 58.9 cm³/mol. The minimum Gasteiger partial charge on any atom is -0.476 e. The molecule has 0 fully saturated rings. The van der Waals surface area contributed by atoms with Crippen LogP contribution < -0.4 is 5.32 Å². The molecule has 5 nitrogen and oxygen atoms in total. The van der Waals surface area contributed by atoms with Crippen molar-refractivity contribution in [2.24, 2.45) is 0 Å². The fraction of sp³-hybridized carbons (Fsp3) is 0.200. The summed E-state index contributed by atoms with van der Waals surface area (Å²) in [5, 5.41) is 14.2. The van der Waals surface area contributed by atoms with Gasteiger partial charge < -0.3 is 10.4 Å². The number of carboxylic acids is 1. The van der Waals surface area contributed by atoms with Crippen molar-refractivity contribution in [1.29, 1.82) is 0 Å². The van der Waals surface area contributed by atoms with E-state index in [9.17, 15) is 4.79 Å². The topological polar surface area (TPSA) is 67.1 Å². The van der Waals surface area contributed by atoms with Crippen molar-refractivity contribution >= 4 is 17.3 Å². The second-order valence-corrected chi connectivity index (χ2v) is 4.55. The van der Waals surface area contributed by atoms with Gasteiger partial charge in [0.25, 0.3) is 0 Å². The lowest BCUT2D eigenvalue weighted by Crippen LogP contribution is -2.13. The quantitative estimate of drug-likeness (QED) is 0.780. The summed E-state index contributed by atoms with van der Waals surface area (Å²) in [6.07, 6.45) is 1.58. The van der Waals surface area contributed by atoms with Gasteiger partial charge in [0, 0.05) is 18.0 Å². The lowest BCUT2D eigenvalue weighted by Gasteiger charge is -2.03. The summed E-state index contributed by atoms with van der Waals surface area (Å²) < 4.78 is 1.86. The maximum absolute atomic E-state index is 11.0. The molecule has 3 heterocycles. The molecule has 0 unspecified atom stereocenters. The largest absolute Gasteiger partial charge is 0.476 e. The highest BCUT2D eigenvalue weighted by atomic mass is 32.1. The third kappa shape index (κ3) is 1.27. The van der Waals surface area contributed by atoms with Gasteiger partial charge in [-0.1, -0.05) is 0 Å². The van der Waals surface area contributed by atoms with Crippen LogP contribution in [0.15, 0.2) is 17.8 Å². The molecule has 6 heteroatoms. The first-order valence-electron chi connectivity index (χ1n) is 4.84. The number of rotatable bonds is 1. The summed E-state index contributed by atoms with van der Waals surface area (Å²) in [7, 11) is 0. The maximum atomic E-state index is 11.0. The maximum Gasteiger partial charge on any atom is 0.356 e. The Bertz CT molecular complexity index is 558. The van der Waals surface area contributed by atoms with Crippen LogP contribution in [0.1, 0.15) is 21.1 Å². The molecule has 0 amide bonds. The fourth-order valence-corrected chi connectivity index (χ4v) is 2.74. The number of nitrogens with one attached hydrogen (secondary N) is 1. The number of nitrogens with zero attached hydrogens (tertiary/aromatic N) is 2. The van der Waals surface area contributed by atoms with Crippen LogP contribution in [-0.4, -0.2) is 20.6 Å². The van der Waals surface area contributed by atoms with E-state index in [-0.39, 0.29) is 5.69 Å². The number of thiophene rings is 1. The Hall–Kier alpha value is -1.66. The minimum atomic E-state index is -0.978. The average molecular weight is 235 g/mol. The predicted octanol–water partition coefficient (Wildman–Crippen LogP) is 1.24. The smallest absolute Gasteiger partial charge is 0.356 e. The zero-order valence-corrected chi connectivity index (χ0v) is 9.12. The molecule has 0 aliphatic carbocycles. The molecule has 0 saturated heterocycles. The van der Waals surface area contributed by atoms with Gasteiger partial charge in [-0.2, -0.15) is 0 Å². The number of imidazole rings is 1. The van der Waals surface area contributed by atoms with Crippen molar-refractivity contribution in [3.63, 3.8) is 0 Å². The third-order valence-corrected chi connectivity index (χ3v) is 3.54. The van der Waals surface area contributed by atoms with E-state index < -0.39 is 5.97 Å². The molecule has 2 aromatic rings. The van der Waals surface area contributed by atoms with Gasteiger partial charge in [0.05, 0.1) is 11.4 Å². The monoisotopic (exact) mass is 235 g/mol. The van der Waals surface area contributed by atoms with Crippen LogP contribution in [0.5, 0.6) is 0 Å². The summed E-state index contributed by atoms with van der Waals surface area (Å²) in [6.45, 7) is 1.30. The number of carboxylic acid groups (broad SMARTS) is 1. The molecule has 3 rings (SSSR count). The highest BCUT2D eigenvalue weighted by Gasteiger charge is 2.21. The Morgan fingerprint density at radius 2 is 2.44 bits per heavy atom. The number of aromatic carboxylic acids is 1. The van der Waals surface area contributed by atoms with E-state index in [1.54, 1.807) is 17.7 Å². The number of carbonyl (C=O) groups is 1. The normalized spacial score (nSPS) is 14.0. The van der Waals surface area contributed by atoms with Crippen LogP contribution in [0, 0.1) is 0 Å². The van der Waals surface area contributed by atoms with E-state index in [2.05, 4.69) is 10.3 Å². The van der Waals surface area contributed by atoms with E-state index in [0.29, 0.717) is 12.2 Å². The number of hydrogen-bond acceptors (Lipinski definition) is 4. The second-order valence-electron chi connectivity index (χ2n) is 3.55. The molecule has 0 atom stereocenters. The molecular formula is C10H9N3O2S. The number of aromatic nitrogens is 2. The van der Waals surface area contributed by atoms with E-state index >= 15 is 0 Å². The number of hydrogen-bond donors (Lipinski definition) is 2. The average Bonchev–Trinajstić information content (AvgIpc) is 2.82. The van der Waals surface area contributed by atoms with Crippen LogP contribution in [0.3, 0.4) is 0 Å². The van der Waals surface area contributed by atoms with Crippen molar-refractivity contribution < 1.29 is 9.90 Å². The zero-order chi connectivity index (χ0) is 11.1. The molecular weight excluding hydrogens is 226 g/mol. The molecule has 2 N–H and O–H groups in total. The van der Waals surface area contributed by atoms with Gasteiger partial charge >= 0.3 is 5.97 Å². The van der Waals surface area contributed by atoms with Crippen LogP contribution >= 0.6 is 11.3 Å². The summed E-state index contributed by atoms with van der Waals surface area (Å²) in [6, 6.07) is 1.99. The Kier molecular flexibility index (Phi) is 2.05. The van der Waals surface area contributed by atoms with E-state index in [4.69, 9.17) is 5.11 Å². The van der Waals surface area contributed by atoms with E-state index in [1.807, 2.05) is 16.0 Å². The summed E-state index contributed by atoms with van der Waals surface area (Å²) in [5.41, 5.74) is 1.88. The summed E-state index contributed by atoms with van der Waals surface area (Å²) in [5.74, 6) is -0.978. The Balaban J connectivity index is 2.23. The van der Waals surface area contributed by atoms with Crippen LogP contribution in [0.4, 0.5) is 0 Å². The van der Waals surface area contributed by atoms with Crippen molar-refractivity contribution in [2.45, 2.75) is 13.1 Å². The second kappa shape index (κ2) is 3.43. The molecule has 0 bridgehead atoms. The first kappa shape index (κ1) is 9.56. The zero-order valence-electron chi connectivity index (χ0n) is 8.30. The van der Waals surface area contributed by atoms with Crippen molar-refractivity contribution in [3.05, 3.63) is 34.0 Å². The van der Waals surface area contributed by atoms with Crippen molar-refractivity contribution in [3.8, 4) is 5.69 Å². The van der Waals surface area contributed by atoms with Crippen LogP contribution in [0.25, 0.3) is 5.69 Å². The van der Waals surface area contributed by atoms with Gasteiger partial charge in [-0.05, 0) is 11.4 Å². The van der Waals surface area contributed by atoms with Crippen LogP contribution in [0.2, 0.25) is 0 Å². The van der Waals surface area contributed by atoms with Gasteiger partial charge in [-0.25, -0.2) is 9.78 Å². The molecule has 2 aromatic heterocycles. The standard InChI is InChI=1S/C10H9N3O2S/c14-10(15)9-7-3-11-4-8-6(1-2-16-8)13(7)5-12-9/h1-2,5,11H,3-4H2,(H,14,15). The lowest BCUT2D eigenvalue weighted by atomic mass is 10.3. The van der Waals surface area contributed by atoms with Crippen LogP contribution in [-0.2, 0) is 13.1 Å². The van der Waals surface area contributed by atoms with Gasteiger partial charge in [0.1, 0.15) is 6.33 Å². The lowest BCUT2D eigenvalue weighted by molar-refractivity contribution is 0.0689. The third-order valence-electron chi connectivity index (χ3n) is 2.63. The SMILES string of the molecule is O=C(O)c1ncn2c1CNCc1sccc1-2. The molecule has 0 radical (unpaired) electrons. The Morgan fingerprint density at radius 1 is 1.56 bits per heavy atom. The number of fused-ring (bicyclic) bond motifs is 3. The highest BCUT2D eigenvalue weighted by molar-refractivity contribution is 7.10. The summed E-state index contributed by atoms with van der Waals surface area (Å²) in [4.78, 5) is 16.1.